The normalized spacial score (nSPS) is 13.4. The Kier molecular flexibility index (Phi) is 9.59. The number of hydrogen-bond acceptors (Lipinski definition) is 6. The van der Waals surface area contributed by atoms with Gasteiger partial charge in [0.25, 0.3) is 5.91 Å². The number of amides is 3. The van der Waals surface area contributed by atoms with Crippen molar-refractivity contribution in [1.29, 1.82) is 0 Å². The van der Waals surface area contributed by atoms with Crippen molar-refractivity contribution in [3.8, 4) is 22.9 Å². The van der Waals surface area contributed by atoms with Crippen molar-refractivity contribution >= 4 is 23.3 Å². The molecule has 3 heterocycles. The highest BCUT2D eigenvalue weighted by Gasteiger charge is 2.14. The first kappa shape index (κ1) is 29.7. The second-order valence-electron chi connectivity index (χ2n) is 10.2. The first-order valence-electron chi connectivity index (χ1n) is 14.0. The van der Waals surface area contributed by atoms with Gasteiger partial charge in [-0.2, -0.15) is 0 Å². The molecule has 1 aliphatic rings. The number of nitrogens with zero attached hydrogens (tertiary/aromatic N) is 2. The van der Waals surface area contributed by atoms with Gasteiger partial charge in [0.2, 0.25) is 0 Å². The van der Waals surface area contributed by atoms with Gasteiger partial charge in [0, 0.05) is 57.3 Å². The van der Waals surface area contributed by atoms with Crippen molar-refractivity contribution in [2.75, 3.05) is 49.9 Å². The topological polar surface area (TPSA) is 123 Å². The number of carbonyl (C=O) groups is 2. The first-order chi connectivity index (χ1) is 20.8. The lowest BCUT2D eigenvalue weighted by Gasteiger charge is -2.27. The molecule has 5 rings (SSSR count). The third-order valence-electron chi connectivity index (χ3n) is 6.89. The van der Waals surface area contributed by atoms with E-state index in [1.54, 1.807) is 43.6 Å². The van der Waals surface area contributed by atoms with E-state index in [0.29, 0.717) is 29.2 Å². The lowest BCUT2D eigenvalue weighted by Crippen LogP contribution is -2.44. The van der Waals surface area contributed by atoms with E-state index in [4.69, 9.17) is 4.74 Å². The summed E-state index contributed by atoms with van der Waals surface area (Å²) in [6.45, 7) is 7.35. The number of aromatic nitrogens is 2. The van der Waals surface area contributed by atoms with Crippen molar-refractivity contribution in [2.24, 2.45) is 0 Å². The number of piperazine rings is 1. The summed E-state index contributed by atoms with van der Waals surface area (Å²) in [6.07, 6.45) is 4.05. The molecule has 0 radical (unpaired) electrons. The fraction of sp³-hybridized carbons (Fsp3) is 0.258. The van der Waals surface area contributed by atoms with Crippen LogP contribution in [0.4, 0.5) is 25.0 Å². The molecule has 2 aromatic heterocycles. The summed E-state index contributed by atoms with van der Waals surface area (Å²) in [4.78, 5) is 34.7. The van der Waals surface area contributed by atoms with E-state index in [-0.39, 0.29) is 23.0 Å². The number of benzene rings is 2. The molecule has 4 aromatic rings. The van der Waals surface area contributed by atoms with Crippen LogP contribution < -0.4 is 26.0 Å². The number of H-pyrrole nitrogens is 1. The van der Waals surface area contributed by atoms with Gasteiger partial charge in [-0.05, 0) is 61.9 Å². The molecule has 0 unspecified atom stereocenters. The van der Waals surface area contributed by atoms with Crippen LogP contribution in [0.15, 0.2) is 67.0 Å². The van der Waals surface area contributed by atoms with Crippen LogP contribution in [-0.4, -0.2) is 66.1 Å². The minimum atomic E-state index is -0.787. The van der Waals surface area contributed by atoms with Gasteiger partial charge in [-0.3, -0.25) is 9.78 Å². The number of carbonyl (C=O) groups excluding carboxylic acids is 2. The molecule has 10 nitrogen and oxygen atoms in total. The summed E-state index contributed by atoms with van der Waals surface area (Å²) >= 11 is 0. The van der Waals surface area contributed by atoms with Crippen molar-refractivity contribution < 1.29 is 23.1 Å². The summed E-state index contributed by atoms with van der Waals surface area (Å²) in [5.41, 5.74) is 2.30. The Labute approximate surface area is 247 Å². The molecule has 5 N–H and O–H groups in total. The second kappa shape index (κ2) is 13.9. The van der Waals surface area contributed by atoms with E-state index in [9.17, 15) is 18.4 Å². The summed E-state index contributed by atoms with van der Waals surface area (Å²) in [7, 11) is 0. The molecule has 0 saturated carbocycles. The third-order valence-corrected chi connectivity index (χ3v) is 6.89. The molecule has 0 atom stereocenters. The molecule has 1 saturated heterocycles. The maximum Gasteiger partial charge on any atom is 0.323 e. The number of halogens is 2. The number of aryl methyl sites for hydroxylation is 1. The van der Waals surface area contributed by atoms with Gasteiger partial charge in [0.15, 0.2) is 0 Å². The van der Waals surface area contributed by atoms with Gasteiger partial charge in [-0.1, -0.05) is 6.07 Å². The van der Waals surface area contributed by atoms with Gasteiger partial charge in [-0.15, -0.1) is 0 Å². The molecule has 1 fully saturated rings. The number of nitrogens with one attached hydrogen (secondary N) is 5. The Morgan fingerprint density at radius 2 is 1.74 bits per heavy atom. The van der Waals surface area contributed by atoms with Crippen molar-refractivity contribution in [3.63, 3.8) is 0 Å². The zero-order valence-electron chi connectivity index (χ0n) is 23.7. The zero-order chi connectivity index (χ0) is 30.2. The fourth-order valence-corrected chi connectivity index (χ4v) is 4.64. The van der Waals surface area contributed by atoms with Crippen LogP contribution in [0.3, 0.4) is 0 Å². The number of ether oxygens (including phenoxy) is 1. The molecular weight excluding hydrogens is 556 g/mol. The largest absolute Gasteiger partial charge is 0.457 e. The quantitative estimate of drug-likeness (QED) is 0.164. The highest BCUT2D eigenvalue weighted by atomic mass is 19.1. The molecule has 224 valence electrons. The van der Waals surface area contributed by atoms with Crippen LogP contribution >= 0.6 is 0 Å². The summed E-state index contributed by atoms with van der Waals surface area (Å²) in [5, 5.41) is 11.0. The Balaban J connectivity index is 1.15. The minimum absolute atomic E-state index is 0.0116. The number of rotatable bonds is 10. The van der Waals surface area contributed by atoms with E-state index in [2.05, 4.69) is 36.1 Å². The minimum Gasteiger partial charge on any atom is -0.457 e. The number of aromatic amines is 1. The van der Waals surface area contributed by atoms with E-state index in [1.165, 1.54) is 24.3 Å². The van der Waals surface area contributed by atoms with Gasteiger partial charge >= 0.3 is 6.03 Å². The molecular formula is C31H33F2N7O3. The Morgan fingerprint density at radius 3 is 2.56 bits per heavy atom. The van der Waals surface area contributed by atoms with Crippen molar-refractivity contribution in [3.05, 3.63) is 89.8 Å². The zero-order valence-corrected chi connectivity index (χ0v) is 23.7. The molecule has 12 heteroatoms. The van der Waals surface area contributed by atoms with Crippen LogP contribution in [0, 0.1) is 18.6 Å². The van der Waals surface area contributed by atoms with Crippen molar-refractivity contribution in [2.45, 2.75) is 13.3 Å². The van der Waals surface area contributed by atoms with E-state index in [0.717, 1.165) is 50.8 Å². The third kappa shape index (κ3) is 8.15. The Morgan fingerprint density at radius 1 is 0.953 bits per heavy atom. The van der Waals surface area contributed by atoms with Gasteiger partial charge in [0.05, 0.1) is 28.3 Å². The van der Waals surface area contributed by atoms with E-state index >= 15 is 0 Å². The molecule has 1 aliphatic heterocycles. The second-order valence-corrected chi connectivity index (χ2v) is 10.2. The Bertz CT molecular complexity index is 1590. The molecule has 0 bridgehead atoms. The average molecular weight is 590 g/mol. The highest BCUT2D eigenvalue weighted by molar-refractivity contribution is 6.00. The average Bonchev–Trinajstić information content (AvgIpc) is 3.50. The summed E-state index contributed by atoms with van der Waals surface area (Å²) in [5.74, 6) is -0.918. The van der Waals surface area contributed by atoms with Crippen LogP contribution in [0.1, 0.15) is 22.3 Å². The van der Waals surface area contributed by atoms with Crippen molar-refractivity contribution in [1.82, 2.24) is 25.5 Å². The summed E-state index contributed by atoms with van der Waals surface area (Å²) in [6, 6.07) is 12.5. The van der Waals surface area contributed by atoms with Gasteiger partial charge in [0.1, 0.15) is 23.1 Å². The number of anilines is 2. The first-order valence-corrected chi connectivity index (χ1v) is 14.0. The van der Waals surface area contributed by atoms with Gasteiger partial charge < -0.3 is 35.9 Å². The van der Waals surface area contributed by atoms with Crippen LogP contribution in [0.2, 0.25) is 0 Å². The molecule has 2 aromatic carbocycles. The monoisotopic (exact) mass is 589 g/mol. The fourth-order valence-electron chi connectivity index (χ4n) is 4.64. The predicted molar refractivity (Wildman–Crippen MR) is 161 cm³/mol. The van der Waals surface area contributed by atoms with E-state index < -0.39 is 17.7 Å². The van der Waals surface area contributed by atoms with Gasteiger partial charge in [-0.25, -0.2) is 13.6 Å². The van der Waals surface area contributed by atoms with E-state index in [1.807, 2.05) is 0 Å². The summed E-state index contributed by atoms with van der Waals surface area (Å²) < 4.78 is 34.5. The molecule has 43 heavy (non-hydrogen) atoms. The highest BCUT2D eigenvalue weighted by Crippen LogP contribution is 2.28. The lowest BCUT2D eigenvalue weighted by molar-refractivity contribution is 0.0951. The van der Waals surface area contributed by atoms with Crippen LogP contribution in [-0.2, 0) is 0 Å². The van der Waals surface area contributed by atoms with Crippen LogP contribution in [0.5, 0.6) is 11.5 Å². The maximum absolute atomic E-state index is 14.8. The van der Waals surface area contributed by atoms with Crippen LogP contribution in [0.25, 0.3) is 11.4 Å². The Hall–Kier alpha value is -4.81. The molecule has 3 amide bonds. The molecule has 0 spiro atoms. The SMILES string of the molecule is Cc1ccc(F)c(NC(=O)Nc2ccc(Oc3ccnc(-c4cc(C(=O)NCCCN5CCNCC5)c[nH]4)c3)cc2F)c1. The number of urea groups is 1. The number of hydrogen-bond donors (Lipinski definition) is 5. The molecule has 0 aliphatic carbocycles. The lowest BCUT2D eigenvalue weighted by atomic mass is 10.2. The predicted octanol–water partition coefficient (Wildman–Crippen LogP) is 5.12. The standard InChI is InChI=1S/C31H33F2N7O3/c1-20-3-5-24(32)27(15-20)39-31(42)38-26-6-4-22(17-25(26)33)43-23-7-9-35-29(18-23)28-16-21(19-37-28)30(41)36-8-2-12-40-13-10-34-11-14-40/h3-7,9,15-19,34,37H,2,8,10-14H2,1H3,(H,36,41)(H2,38,39,42). The number of pyridine rings is 1. The smallest absolute Gasteiger partial charge is 0.323 e. The maximum atomic E-state index is 14.8.